The van der Waals surface area contributed by atoms with Gasteiger partial charge in [0.1, 0.15) is 5.75 Å². The van der Waals surface area contributed by atoms with Gasteiger partial charge in [-0.3, -0.25) is 0 Å². The van der Waals surface area contributed by atoms with Gasteiger partial charge in [0.05, 0.1) is 6.61 Å². The highest BCUT2D eigenvalue weighted by molar-refractivity contribution is 9.09. The molecule has 0 spiro atoms. The van der Waals surface area contributed by atoms with Gasteiger partial charge >= 0.3 is 0 Å². The molecule has 0 amide bonds. The van der Waals surface area contributed by atoms with E-state index < -0.39 is 0 Å². The number of ether oxygens (including phenoxy) is 1. The van der Waals surface area contributed by atoms with Crippen molar-refractivity contribution in [2.45, 2.75) is 40.0 Å². The van der Waals surface area contributed by atoms with Crippen molar-refractivity contribution in [2.75, 3.05) is 11.9 Å². The summed E-state index contributed by atoms with van der Waals surface area (Å²) in [7, 11) is 0. The third kappa shape index (κ3) is 4.02. The predicted molar refractivity (Wildman–Crippen MR) is 78.1 cm³/mol. The van der Waals surface area contributed by atoms with Crippen molar-refractivity contribution >= 4 is 15.9 Å². The first-order valence-corrected chi connectivity index (χ1v) is 7.59. The molecule has 0 saturated carbocycles. The summed E-state index contributed by atoms with van der Waals surface area (Å²) in [6, 6.07) is 8.40. The second kappa shape index (κ2) is 7.05. The molecule has 0 fully saturated rings. The summed E-state index contributed by atoms with van der Waals surface area (Å²) in [4.78, 5) is 0. The van der Waals surface area contributed by atoms with Crippen LogP contribution in [0.1, 0.15) is 39.2 Å². The van der Waals surface area contributed by atoms with Crippen molar-refractivity contribution < 1.29 is 4.74 Å². The van der Waals surface area contributed by atoms with Crippen LogP contribution in [0.25, 0.3) is 0 Å². The Morgan fingerprint density at radius 2 is 1.88 bits per heavy atom. The maximum atomic E-state index is 5.96. The van der Waals surface area contributed by atoms with Crippen molar-refractivity contribution in [3.8, 4) is 5.75 Å². The van der Waals surface area contributed by atoms with E-state index in [1.54, 1.807) is 0 Å². The van der Waals surface area contributed by atoms with Crippen molar-refractivity contribution in [2.24, 2.45) is 5.41 Å². The van der Waals surface area contributed by atoms with Gasteiger partial charge in [-0.2, -0.15) is 0 Å². The van der Waals surface area contributed by atoms with Gasteiger partial charge in [0.15, 0.2) is 0 Å². The normalized spacial score (nSPS) is 11.5. The molecular weight excluding hydrogens is 276 g/mol. The van der Waals surface area contributed by atoms with Crippen LogP contribution in [0.15, 0.2) is 24.3 Å². The number of benzene rings is 1. The molecule has 1 aromatic rings. The fourth-order valence-electron chi connectivity index (χ4n) is 1.77. The van der Waals surface area contributed by atoms with Gasteiger partial charge in [0.25, 0.3) is 0 Å². The fourth-order valence-corrected chi connectivity index (χ4v) is 2.73. The van der Waals surface area contributed by atoms with Crippen molar-refractivity contribution in [1.29, 1.82) is 0 Å². The Morgan fingerprint density at radius 3 is 2.41 bits per heavy atom. The van der Waals surface area contributed by atoms with Crippen LogP contribution in [-0.2, 0) is 6.42 Å². The molecule has 0 aliphatic heterocycles. The number of aryl methyl sites for hydroxylation is 1. The molecule has 0 aromatic heterocycles. The summed E-state index contributed by atoms with van der Waals surface area (Å²) in [5.74, 6) is 0.997. The molecule has 1 nitrogen and oxygen atoms in total. The first kappa shape index (κ1) is 14.6. The zero-order chi connectivity index (χ0) is 12.7. The zero-order valence-electron chi connectivity index (χ0n) is 11.1. The smallest absolute Gasteiger partial charge is 0.119 e. The number of rotatable bonds is 7. The molecule has 0 bridgehead atoms. The maximum absolute atomic E-state index is 5.96. The Hall–Kier alpha value is -0.500. The molecule has 0 radical (unpaired) electrons. The molecule has 0 N–H and O–H groups in total. The van der Waals surface area contributed by atoms with Crippen LogP contribution in [0.5, 0.6) is 5.75 Å². The third-order valence-electron chi connectivity index (χ3n) is 3.64. The molecule has 1 aromatic carbocycles. The Labute approximate surface area is 114 Å². The SMILES string of the molecule is CCc1cccc(OCC(CC)(CC)CBr)c1. The average molecular weight is 299 g/mol. The number of halogens is 1. The summed E-state index contributed by atoms with van der Waals surface area (Å²) in [6.07, 6.45) is 3.34. The second-order valence-corrected chi connectivity index (χ2v) is 5.19. The minimum atomic E-state index is 0.266. The summed E-state index contributed by atoms with van der Waals surface area (Å²) < 4.78 is 5.96. The van der Waals surface area contributed by atoms with Crippen LogP contribution in [0.2, 0.25) is 0 Å². The average Bonchev–Trinajstić information content (AvgIpc) is 2.41. The predicted octanol–water partition coefficient (Wildman–Crippen LogP) is 4.83. The van der Waals surface area contributed by atoms with Gasteiger partial charge in [-0.25, -0.2) is 0 Å². The lowest BCUT2D eigenvalue weighted by Gasteiger charge is -2.29. The van der Waals surface area contributed by atoms with Gasteiger partial charge in [0, 0.05) is 10.7 Å². The Morgan fingerprint density at radius 1 is 1.18 bits per heavy atom. The van der Waals surface area contributed by atoms with E-state index in [4.69, 9.17) is 4.74 Å². The summed E-state index contributed by atoms with van der Waals surface area (Å²) in [5, 5.41) is 1.00. The minimum Gasteiger partial charge on any atom is -0.493 e. The van der Waals surface area contributed by atoms with Crippen molar-refractivity contribution in [3.63, 3.8) is 0 Å². The zero-order valence-corrected chi connectivity index (χ0v) is 12.7. The lowest BCUT2D eigenvalue weighted by molar-refractivity contribution is 0.158. The van der Waals surface area contributed by atoms with E-state index in [-0.39, 0.29) is 5.41 Å². The molecule has 17 heavy (non-hydrogen) atoms. The fraction of sp³-hybridized carbons (Fsp3) is 0.600. The van der Waals surface area contributed by atoms with E-state index >= 15 is 0 Å². The highest BCUT2D eigenvalue weighted by atomic mass is 79.9. The topological polar surface area (TPSA) is 9.23 Å². The summed E-state index contributed by atoms with van der Waals surface area (Å²) in [6.45, 7) is 7.42. The Kier molecular flexibility index (Phi) is 6.04. The molecule has 0 aliphatic rings. The first-order chi connectivity index (χ1) is 8.19. The number of alkyl halides is 1. The summed E-state index contributed by atoms with van der Waals surface area (Å²) in [5.41, 5.74) is 1.60. The van der Waals surface area contributed by atoms with Gasteiger partial charge in [-0.05, 0) is 37.0 Å². The van der Waals surface area contributed by atoms with Crippen LogP contribution >= 0.6 is 15.9 Å². The quantitative estimate of drug-likeness (QED) is 0.655. The second-order valence-electron chi connectivity index (χ2n) is 4.63. The van der Waals surface area contributed by atoms with Gasteiger partial charge in [0.2, 0.25) is 0 Å². The molecular formula is C15H23BrO. The Bertz CT molecular complexity index is 323. The molecule has 96 valence electrons. The largest absolute Gasteiger partial charge is 0.493 e. The molecule has 0 heterocycles. The number of hydrogen-bond donors (Lipinski definition) is 0. The lowest BCUT2D eigenvalue weighted by Crippen LogP contribution is -2.29. The van der Waals surface area contributed by atoms with E-state index in [1.165, 1.54) is 5.56 Å². The van der Waals surface area contributed by atoms with Gasteiger partial charge < -0.3 is 4.74 Å². The van der Waals surface area contributed by atoms with E-state index in [0.717, 1.165) is 36.9 Å². The molecule has 0 aliphatic carbocycles. The van der Waals surface area contributed by atoms with E-state index in [0.29, 0.717) is 0 Å². The molecule has 0 saturated heterocycles. The third-order valence-corrected chi connectivity index (χ3v) is 4.82. The van der Waals surface area contributed by atoms with Crippen molar-refractivity contribution in [3.05, 3.63) is 29.8 Å². The van der Waals surface area contributed by atoms with Gasteiger partial charge in [-0.1, -0.05) is 48.8 Å². The minimum absolute atomic E-state index is 0.266. The molecule has 2 heteroatoms. The number of hydrogen-bond acceptors (Lipinski definition) is 1. The highest BCUT2D eigenvalue weighted by Crippen LogP contribution is 2.30. The monoisotopic (exact) mass is 298 g/mol. The summed E-state index contributed by atoms with van der Waals surface area (Å²) >= 11 is 3.62. The van der Waals surface area contributed by atoms with E-state index in [9.17, 15) is 0 Å². The van der Waals surface area contributed by atoms with Crippen LogP contribution in [0.3, 0.4) is 0 Å². The molecule has 1 rings (SSSR count). The van der Waals surface area contributed by atoms with Crippen LogP contribution in [0, 0.1) is 5.41 Å². The highest BCUT2D eigenvalue weighted by Gasteiger charge is 2.25. The van der Waals surface area contributed by atoms with Crippen LogP contribution < -0.4 is 4.74 Å². The molecule has 0 unspecified atom stereocenters. The maximum Gasteiger partial charge on any atom is 0.119 e. The Balaban J connectivity index is 2.65. The van der Waals surface area contributed by atoms with Crippen LogP contribution in [-0.4, -0.2) is 11.9 Å². The van der Waals surface area contributed by atoms with Crippen molar-refractivity contribution in [1.82, 2.24) is 0 Å². The standard InChI is InChI=1S/C15H23BrO/c1-4-13-8-7-9-14(10-13)17-12-15(5-2,6-3)11-16/h7-10H,4-6,11-12H2,1-3H3. The van der Waals surface area contributed by atoms with E-state index in [1.807, 2.05) is 6.07 Å². The van der Waals surface area contributed by atoms with Crippen LogP contribution in [0.4, 0.5) is 0 Å². The van der Waals surface area contributed by atoms with E-state index in [2.05, 4.69) is 54.9 Å². The van der Waals surface area contributed by atoms with Gasteiger partial charge in [-0.15, -0.1) is 0 Å². The lowest BCUT2D eigenvalue weighted by atomic mass is 9.86. The molecule has 0 atom stereocenters. The first-order valence-electron chi connectivity index (χ1n) is 6.47.